The van der Waals surface area contributed by atoms with Crippen LogP contribution in [0.4, 0.5) is 10.6 Å². The molecule has 0 amide bonds. The van der Waals surface area contributed by atoms with Crippen LogP contribution in [0.5, 0.6) is 0 Å². The van der Waals surface area contributed by atoms with Gasteiger partial charge in [-0.3, -0.25) is 0 Å². The van der Waals surface area contributed by atoms with Gasteiger partial charge in [0.05, 0.1) is 17.6 Å². The smallest absolute Gasteiger partial charge is 0.435 e. The molecule has 3 rings (SSSR count). The molecule has 1 aromatic heterocycles. The van der Waals surface area contributed by atoms with Gasteiger partial charge in [-0.05, 0) is 30.5 Å². The number of terminal acetylenes is 1. The Hall–Kier alpha value is -2.78. The molecule has 1 saturated carbocycles. The van der Waals surface area contributed by atoms with E-state index >= 15 is 0 Å². The lowest BCUT2D eigenvalue weighted by molar-refractivity contribution is 0.158. The van der Waals surface area contributed by atoms with Gasteiger partial charge in [-0.1, -0.05) is 29.7 Å². The van der Waals surface area contributed by atoms with Gasteiger partial charge in [0, 0.05) is 10.9 Å². The third kappa shape index (κ3) is 3.12. The lowest BCUT2D eigenvalue weighted by Gasteiger charge is -2.05. The molecule has 0 unspecified atom stereocenters. The molecule has 0 bridgehead atoms. The summed E-state index contributed by atoms with van der Waals surface area (Å²) in [7, 11) is 0. The number of carbonyl (C=O) groups is 1. The van der Waals surface area contributed by atoms with E-state index in [4.69, 9.17) is 28.5 Å². The highest BCUT2D eigenvalue weighted by molar-refractivity contribution is 6.30. The van der Waals surface area contributed by atoms with Gasteiger partial charge in [-0.2, -0.15) is 5.10 Å². The number of rotatable bonds is 4. The number of aromatic nitrogens is 2. The van der Waals surface area contributed by atoms with E-state index in [1.54, 1.807) is 12.1 Å². The van der Waals surface area contributed by atoms with E-state index in [1.165, 1.54) is 0 Å². The molecule has 1 heterocycles. The van der Waals surface area contributed by atoms with Crippen LogP contribution >= 0.6 is 11.6 Å². The zero-order valence-corrected chi connectivity index (χ0v) is 13.5. The van der Waals surface area contributed by atoms with Gasteiger partial charge >= 0.3 is 6.09 Å². The highest BCUT2D eigenvalue weighted by Gasteiger charge is 2.34. The third-order valence-corrected chi connectivity index (χ3v) is 3.89. The number of benzene rings is 1. The van der Waals surface area contributed by atoms with Crippen molar-refractivity contribution in [1.82, 2.24) is 9.78 Å². The Balaban J connectivity index is 2.14. The van der Waals surface area contributed by atoms with Crippen LogP contribution in [0.1, 0.15) is 24.5 Å². The lowest BCUT2D eigenvalue weighted by atomic mass is 10.0. The van der Waals surface area contributed by atoms with Crippen LogP contribution in [-0.4, -0.2) is 28.8 Å². The van der Waals surface area contributed by atoms with Gasteiger partial charge < -0.3 is 10.5 Å². The summed E-state index contributed by atoms with van der Waals surface area (Å²) in [5.41, 5.74) is 7.88. The second kappa shape index (κ2) is 6.77. The molecule has 1 aliphatic rings. The van der Waals surface area contributed by atoms with E-state index in [0.717, 1.165) is 40.7 Å². The van der Waals surface area contributed by atoms with Crippen molar-refractivity contribution in [3.05, 3.63) is 35.0 Å². The fourth-order valence-electron chi connectivity index (χ4n) is 2.44. The molecule has 6 nitrogen and oxygen atoms in total. The minimum absolute atomic E-state index is 0.139. The molecule has 0 aliphatic heterocycles. The van der Waals surface area contributed by atoms with Crippen molar-refractivity contribution >= 4 is 29.9 Å². The largest absolute Gasteiger partial charge is 0.437 e. The van der Waals surface area contributed by atoms with Gasteiger partial charge in [0.25, 0.3) is 0 Å². The zero-order valence-electron chi connectivity index (χ0n) is 12.8. The average Bonchev–Trinajstić information content (AvgIpc) is 3.36. The number of hydrogen-bond donors (Lipinski definition) is 1. The van der Waals surface area contributed by atoms with Crippen LogP contribution in [0.2, 0.25) is 5.02 Å². The number of nitrogens with two attached hydrogens (primary N) is 1. The van der Waals surface area contributed by atoms with Crippen molar-refractivity contribution < 1.29 is 9.53 Å². The van der Waals surface area contributed by atoms with Gasteiger partial charge in [0.1, 0.15) is 0 Å². The first-order valence-corrected chi connectivity index (χ1v) is 7.77. The predicted molar refractivity (Wildman–Crippen MR) is 92.6 cm³/mol. The number of nitrogens with zero attached hydrogens (tertiary/aromatic N) is 3. The second-order valence-corrected chi connectivity index (χ2v) is 5.75. The van der Waals surface area contributed by atoms with E-state index in [1.807, 2.05) is 12.1 Å². The van der Waals surface area contributed by atoms with Crippen LogP contribution in [0, 0.1) is 12.3 Å². The third-order valence-electron chi connectivity index (χ3n) is 3.63. The van der Waals surface area contributed by atoms with Gasteiger partial charge in [-0.25, -0.2) is 9.79 Å². The van der Waals surface area contributed by atoms with Crippen LogP contribution in [0.3, 0.4) is 0 Å². The fraction of sp³-hybridized carbons (Fsp3) is 0.235. The van der Waals surface area contributed by atoms with Crippen molar-refractivity contribution in [1.29, 1.82) is 0 Å². The first-order valence-electron chi connectivity index (χ1n) is 7.39. The molecular formula is C17H15ClN4O2. The Morgan fingerprint density at radius 2 is 2.21 bits per heavy atom. The Kier molecular flexibility index (Phi) is 4.54. The Labute approximate surface area is 144 Å². The number of ether oxygens (including phenoxy) is 1. The first kappa shape index (κ1) is 16.1. The number of aliphatic imine (C=N–C) groups is 1. The summed E-state index contributed by atoms with van der Waals surface area (Å²) in [6.45, 7) is -0.139. The normalized spacial score (nSPS) is 13.8. The average molecular weight is 343 g/mol. The molecule has 0 radical (unpaired) electrons. The first-order chi connectivity index (χ1) is 11.7. The Bertz CT molecular complexity index is 830. The minimum Gasteiger partial charge on any atom is -0.435 e. The standard InChI is InChI=1S/C17H15ClN4O2/c1-2-9-24-17(23)22-16(20-10-19)14(15(21-22)12-3-4-12)11-5-7-13(18)8-6-11/h1,5-8,10,12H,3-4,9H2,(H2,19,20). The molecule has 0 spiro atoms. The minimum atomic E-state index is -0.685. The summed E-state index contributed by atoms with van der Waals surface area (Å²) in [5, 5.41) is 5.04. The zero-order chi connectivity index (χ0) is 17.1. The SMILES string of the molecule is C#CCOC(=O)n1nc(C2CC2)c(-c2ccc(Cl)cc2)c1/N=C\N. The maximum atomic E-state index is 12.2. The van der Waals surface area contributed by atoms with Crippen LogP contribution < -0.4 is 5.73 Å². The summed E-state index contributed by atoms with van der Waals surface area (Å²) in [5.74, 6) is 2.87. The van der Waals surface area contributed by atoms with Crippen molar-refractivity contribution in [2.45, 2.75) is 18.8 Å². The van der Waals surface area contributed by atoms with Crippen molar-refractivity contribution in [3.8, 4) is 23.5 Å². The molecular weight excluding hydrogens is 328 g/mol. The molecule has 24 heavy (non-hydrogen) atoms. The monoisotopic (exact) mass is 342 g/mol. The fourth-order valence-corrected chi connectivity index (χ4v) is 2.57. The second-order valence-electron chi connectivity index (χ2n) is 5.31. The van der Waals surface area contributed by atoms with Gasteiger partial charge in [-0.15, -0.1) is 11.1 Å². The molecule has 122 valence electrons. The van der Waals surface area contributed by atoms with Crippen molar-refractivity contribution in [2.75, 3.05) is 6.61 Å². The molecule has 7 heteroatoms. The van der Waals surface area contributed by atoms with Gasteiger partial charge in [0.15, 0.2) is 12.4 Å². The van der Waals surface area contributed by atoms with E-state index < -0.39 is 6.09 Å². The summed E-state index contributed by atoms with van der Waals surface area (Å²) >= 11 is 5.96. The predicted octanol–water partition coefficient (Wildman–Crippen LogP) is 3.32. The maximum Gasteiger partial charge on any atom is 0.437 e. The van der Waals surface area contributed by atoms with Gasteiger partial charge in [0.2, 0.25) is 0 Å². The van der Waals surface area contributed by atoms with Crippen molar-refractivity contribution in [3.63, 3.8) is 0 Å². The number of carbonyl (C=O) groups excluding carboxylic acids is 1. The van der Waals surface area contributed by atoms with E-state index in [-0.39, 0.29) is 6.61 Å². The maximum absolute atomic E-state index is 12.2. The highest BCUT2D eigenvalue weighted by atomic mass is 35.5. The molecule has 0 saturated heterocycles. The van der Waals surface area contributed by atoms with E-state index in [0.29, 0.717) is 16.8 Å². The quantitative estimate of drug-likeness (QED) is 0.525. The lowest BCUT2D eigenvalue weighted by Crippen LogP contribution is -2.15. The van der Waals surface area contributed by atoms with E-state index in [9.17, 15) is 4.79 Å². The molecule has 1 fully saturated rings. The Morgan fingerprint density at radius 1 is 1.50 bits per heavy atom. The Morgan fingerprint density at radius 3 is 2.79 bits per heavy atom. The molecule has 0 atom stereocenters. The van der Waals surface area contributed by atoms with E-state index in [2.05, 4.69) is 16.0 Å². The number of halogens is 1. The summed E-state index contributed by atoms with van der Waals surface area (Å²) in [6, 6.07) is 7.27. The molecule has 1 aromatic carbocycles. The molecule has 1 aliphatic carbocycles. The topological polar surface area (TPSA) is 82.5 Å². The van der Waals surface area contributed by atoms with Crippen LogP contribution in [0.15, 0.2) is 29.3 Å². The highest BCUT2D eigenvalue weighted by Crippen LogP contribution is 2.47. The number of hydrogen-bond acceptors (Lipinski definition) is 4. The van der Waals surface area contributed by atoms with Crippen LogP contribution in [0.25, 0.3) is 11.1 Å². The molecule has 2 N–H and O–H groups in total. The van der Waals surface area contributed by atoms with Crippen molar-refractivity contribution in [2.24, 2.45) is 10.7 Å². The summed E-state index contributed by atoms with van der Waals surface area (Å²) in [6.07, 6.45) is 7.60. The summed E-state index contributed by atoms with van der Waals surface area (Å²) < 4.78 is 6.09. The molecule has 2 aromatic rings. The van der Waals surface area contributed by atoms with Crippen LogP contribution in [-0.2, 0) is 4.74 Å². The summed E-state index contributed by atoms with van der Waals surface area (Å²) in [4.78, 5) is 16.4.